The van der Waals surface area contributed by atoms with Crippen LogP contribution in [0.25, 0.3) is 0 Å². The Morgan fingerprint density at radius 2 is 2.15 bits per heavy atom. The first-order valence-electron chi connectivity index (χ1n) is 5.70. The molecular weight excluding hydrogens is 300 g/mol. The molecular formula is C12H13ClN4O2S. The van der Waals surface area contributed by atoms with Gasteiger partial charge in [-0.25, -0.2) is 23.1 Å². The highest BCUT2D eigenvalue weighted by Gasteiger charge is 2.19. The van der Waals surface area contributed by atoms with Gasteiger partial charge in [-0.15, -0.1) is 0 Å². The second-order valence-electron chi connectivity index (χ2n) is 4.16. The minimum absolute atomic E-state index is 0.0451. The van der Waals surface area contributed by atoms with Gasteiger partial charge in [0, 0.05) is 11.9 Å². The van der Waals surface area contributed by atoms with Crippen molar-refractivity contribution in [1.29, 1.82) is 0 Å². The maximum absolute atomic E-state index is 12.2. The van der Waals surface area contributed by atoms with Crippen LogP contribution in [0, 0.1) is 6.92 Å². The minimum Gasteiger partial charge on any atom is -0.398 e. The number of sulfonamides is 1. The number of hydrogen-bond acceptors (Lipinski definition) is 5. The molecule has 3 N–H and O–H groups in total. The van der Waals surface area contributed by atoms with Gasteiger partial charge in [0.1, 0.15) is 11.2 Å². The molecule has 0 bridgehead atoms. The Balaban J connectivity index is 2.25. The molecule has 20 heavy (non-hydrogen) atoms. The summed E-state index contributed by atoms with van der Waals surface area (Å²) in [6, 6.07) is 4.49. The van der Waals surface area contributed by atoms with Crippen LogP contribution in [0.1, 0.15) is 11.3 Å². The van der Waals surface area contributed by atoms with Crippen LogP contribution >= 0.6 is 11.6 Å². The molecule has 0 amide bonds. The fourth-order valence-electron chi connectivity index (χ4n) is 1.54. The average Bonchev–Trinajstić information content (AvgIpc) is 2.42. The molecule has 0 atom stereocenters. The van der Waals surface area contributed by atoms with E-state index >= 15 is 0 Å². The van der Waals surface area contributed by atoms with E-state index in [1.165, 1.54) is 24.7 Å². The van der Waals surface area contributed by atoms with Crippen LogP contribution in [-0.2, 0) is 16.6 Å². The van der Waals surface area contributed by atoms with E-state index in [2.05, 4.69) is 14.7 Å². The molecule has 2 aromatic rings. The van der Waals surface area contributed by atoms with Crippen LogP contribution < -0.4 is 10.5 Å². The molecule has 0 radical (unpaired) electrons. The summed E-state index contributed by atoms with van der Waals surface area (Å²) in [6.07, 6.45) is 2.88. The van der Waals surface area contributed by atoms with Gasteiger partial charge in [-0.3, -0.25) is 0 Å². The summed E-state index contributed by atoms with van der Waals surface area (Å²) >= 11 is 5.97. The quantitative estimate of drug-likeness (QED) is 0.834. The maximum Gasteiger partial charge on any atom is 0.242 e. The number of nitrogens with zero attached hydrogens (tertiary/aromatic N) is 2. The van der Waals surface area contributed by atoms with Crippen molar-refractivity contribution in [3.8, 4) is 0 Å². The average molecular weight is 313 g/mol. The van der Waals surface area contributed by atoms with E-state index in [-0.39, 0.29) is 16.5 Å². The number of rotatable bonds is 4. The number of anilines is 1. The molecule has 0 aliphatic heterocycles. The first-order chi connectivity index (χ1) is 9.40. The topological polar surface area (TPSA) is 98.0 Å². The highest BCUT2D eigenvalue weighted by atomic mass is 35.5. The van der Waals surface area contributed by atoms with Crippen LogP contribution in [0.3, 0.4) is 0 Å². The Morgan fingerprint density at radius 3 is 2.80 bits per heavy atom. The lowest BCUT2D eigenvalue weighted by Crippen LogP contribution is -2.24. The number of halogens is 1. The Hall–Kier alpha value is -1.70. The molecule has 0 unspecified atom stereocenters. The van der Waals surface area contributed by atoms with Crippen molar-refractivity contribution in [2.24, 2.45) is 0 Å². The second-order valence-corrected chi connectivity index (χ2v) is 6.31. The third-order valence-electron chi connectivity index (χ3n) is 2.70. The lowest BCUT2D eigenvalue weighted by atomic mass is 10.2. The van der Waals surface area contributed by atoms with E-state index in [1.807, 2.05) is 0 Å². The number of benzene rings is 1. The van der Waals surface area contributed by atoms with Crippen LogP contribution in [0.4, 0.5) is 5.69 Å². The summed E-state index contributed by atoms with van der Waals surface area (Å²) in [7, 11) is -3.75. The lowest BCUT2D eigenvalue weighted by Gasteiger charge is -2.10. The fraction of sp³-hybridized carbons (Fsp3) is 0.167. The summed E-state index contributed by atoms with van der Waals surface area (Å²) in [6.45, 7) is 1.81. The van der Waals surface area contributed by atoms with Crippen LogP contribution in [-0.4, -0.2) is 18.4 Å². The molecule has 0 saturated heterocycles. The van der Waals surface area contributed by atoms with Crippen molar-refractivity contribution < 1.29 is 8.42 Å². The molecule has 0 fully saturated rings. The zero-order chi connectivity index (χ0) is 14.8. The van der Waals surface area contributed by atoms with Gasteiger partial charge in [-0.1, -0.05) is 11.6 Å². The van der Waals surface area contributed by atoms with Gasteiger partial charge in [0.05, 0.1) is 17.3 Å². The van der Waals surface area contributed by atoms with E-state index in [9.17, 15) is 8.42 Å². The van der Waals surface area contributed by atoms with Gasteiger partial charge >= 0.3 is 0 Å². The van der Waals surface area contributed by atoms with Gasteiger partial charge in [0.2, 0.25) is 10.0 Å². The molecule has 1 heterocycles. The summed E-state index contributed by atoms with van der Waals surface area (Å²) in [4.78, 5) is 7.65. The second kappa shape index (κ2) is 5.74. The van der Waals surface area contributed by atoms with Gasteiger partial charge < -0.3 is 5.73 Å². The van der Waals surface area contributed by atoms with E-state index in [0.717, 1.165) is 5.56 Å². The monoisotopic (exact) mass is 312 g/mol. The van der Waals surface area contributed by atoms with Crippen molar-refractivity contribution in [3.05, 3.63) is 47.0 Å². The molecule has 0 spiro atoms. The lowest BCUT2D eigenvalue weighted by molar-refractivity contribution is 0.580. The van der Waals surface area contributed by atoms with E-state index < -0.39 is 10.0 Å². The smallest absolute Gasteiger partial charge is 0.242 e. The standard InChI is InChI=1S/C12H13ClN4O2S/c1-8-4-10(13)12(5-11(8)14)20(18,19)17-6-9-2-3-15-7-16-9/h2-5,7,17H,6,14H2,1H3. The summed E-state index contributed by atoms with van der Waals surface area (Å²) in [5.41, 5.74) is 7.38. The molecule has 1 aromatic heterocycles. The number of aromatic nitrogens is 2. The van der Waals surface area contributed by atoms with Crippen molar-refractivity contribution >= 4 is 27.3 Å². The fourth-order valence-corrected chi connectivity index (χ4v) is 3.16. The van der Waals surface area contributed by atoms with E-state index in [1.54, 1.807) is 13.0 Å². The minimum atomic E-state index is -3.75. The van der Waals surface area contributed by atoms with E-state index in [0.29, 0.717) is 11.4 Å². The molecule has 6 nitrogen and oxygen atoms in total. The Kier molecular flexibility index (Phi) is 4.22. The number of hydrogen-bond donors (Lipinski definition) is 2. The maximum atomic E-state index is 12.2. The Bertz CT molecular complexity index is 720. The van der Waals surface area contributed by atoms with Crippen molar-refractivity contribution in [3.63, 3.8) is 0 Å². The highest BCUT2D eigenvalue weighted by Crippen LogP contribution is 2.26. The predicted molar refractivity (Wildman–Crippen MR) is 76.7 cm³/mol. The molecule has 0 saturated carbocycles. The van der Waals surface area contributed by atoms with Crippen molar-refractivity contribution in [1.82, 2.24) is 14.7 Å². The van der Waals surface area contributed by atoms with Crippen LogP contribution in [0.5, 0.6) is 0 Å². The molecule has 106 valence electrons. The summed E-state index contributed by atoms with van der Waals surface area (Å²) in [5, 5.41) is 0.131. The van der Waals surface area contributed by atoms with Crippen LogP contribution in [0.15, 0.2) is 35.6 Å². The molecule has 1 aromatic carbocycles. The molecule has 8 heteroatoms. The van der Waals surface area contributed by atoms with E-state index in [4.69, 9.17) is 17.3 Å². The molecule has 2 rings (SSSR count). The predicted octanol–water partition coefficient (Wildman–Crippen LogP) is 1.50. The first kappa shape index (κ1) is 14.7. The summed E-state index contributed by atoms with van der Waals surface area (Å²) in [5.74, 6) is 0. The molecule has 0 aliphatic rings. The van der Waals surface area contributed by atoms with Gasteiger partial charge in [0.25, 0.3) is 0 Å². The zero-order valence-electron chi connectivity index (χ0n) is 10.7. The SMILES string of the molecule is Cc1cc(Cl)c(S(=O)(=O)NCc2ccncn2)cc1N. The highest BCUT2D eigenvalue weighted by molar-refractivity contribution is 7.89. The number of nitrogens with one attached hydrogen (secondary N) is 1. The summed E-state index contributed by atoms with van der Waals surface area (Å²) < 4.78 is 26.8. The molecule has 0 aliphatic carbocycles. The number of aryl methyl sites for hydroxylation is 1. The van der Waals surface area contributed by atoms with Gasteiger partial charge in [0.15, 0.2) is 0 Å². The Morgan fingerprint density at radius 1 is 1.40 bits per heavy atom. The van der Waals surface area contributed by atoms with Crippen molar-refractivity contribution in [2.45, 2.75) is 18.4 Å². The normalized spacial score (nSPS) is 11.5. The van der Waals surface area contributed by atoms with Crippen LogP contribution in [0.2, 0.25) is 5.02 Å². The van der Waals surface area contributed by atoms with Crippen molar-refractivity contribution in [2.75, 3.05) is 5.73 Å². The van der Waals surface area contributed by atoms with Gasteiger partial charge in [-0.05, 0) is 30.7 Å². The number of nitrogen functional groups attached to an aromatic ring is 1. The first-order valence-corrected chi connectivity index (χ1v) is 7.56. The largest absolute Gasteiger partial charge is 0.398 e. The zero-order valence-corrected chi connectivity index (χ0v) is 12.2. The van der Waals surface area contributed by atoms with Gasteiger partial charge in [-0.2, -0.15) is 0 Å². The third kappa shape index (κ3) is 3.24. The third-order valence-corrected chi connectivity index (χ3v) is 4.56. The number of nitrogens with two attached hydrogens (primary N) is 1. The Labute approximate surface area is 122 Å².